The number of carbonyl (C=O) groups is 1. The number of rotatable bonds is 2. The minimum Gasteiger partial charge on any atom is -0.481 e. The lowest BCUT2D eigenvalue weighted by atomic mass is 10.1. The maximum absolute atomic E-state index is 13.2. The highest BCUT2D eigenvalue weighted by atomic mass is 79.9. The van der Waals surface area contributed by atoms with Gasteiger partial charge in [-0.05, 0) is 43.5 Å². The minimum absolute atomic E-state index is 0.190. The zero-order chi connectivity index (χ0) is 10.0. The molecule has 0 bridgehead atoms. The fourth-order valence-electron chi connectivity index (χ4n) is 0.865. The summed E-state index contributed by atoms with van der Waals surface area (Å²) in [5.41, 5.74) is 0.424. The summed E-state index contributed by atoms with van der Waals surface area (Å²) in [6.45, 7) is 0. The average Bonchev–Trinajstić information content (AvgIpc) is 2.06. The lowest BCUT2D eigenvalue weighted by Gasteiger charge is -2.03. The Morgan fingerprint density at radius 1 is 1.46 bits per heavy atom. The van der Waals surface area contributed by atoms with Gasteiger partial charge in [-0.1, -0.05) is 6.07 Å². The normalized spacial score (nSPS) is 10.1. The Morgan fingerprint density at radius 3 is 2.62 bits per heavy atom. The van der Waals surface area contributed by atoms with E-state index in [0.29, 0.717) is 10.0 Å². The monoisotopic (exact) mass is 310 g/mol. The van der Waals surface area contributed by atoms with Crippen LogP contribution in [0.25, 0.3) is 0 Å². The van der Waals surface area contributed by atoms with Gasteiger partial charge in [0, 0.05) is 0 Å². The molecule has 5 heteroatoms. The molecule has 0 unspecified atom stereocenters. The van der Waals surface area contributed by atoms with E-state index >= 15 is 0 Å². The number of hydrogen-bond acceptors (Lipinski definition) is 1. The summed E-state index contributed by atoms with van der Waals surface area (Å²) in [7, 11) is 0. The molecule has 0 fully saturated rings. The molecule has 1 N–H and O–H groups in total. The third kappa shape index (κ3) is 2.51. The fourth-order valence-corrected chi connectivity index (χ4v) is 1.95. The first-order valence-corrected chi connectivity index (χ1v) is 4.95. The van der Waals surface area contributed by atoms with Crippen molar-refractivity contribution in [2.45, 2.75) is 6.42 Å². The van der Waals surface area contributed by atoms with Crippen molar-refractivity contribution < 1.29 is 14.3 Å². The quantitative estimate of drug-likeness (QED) is 0.853. The van der Waals surface area contributed by atoms with Crippen LogP contribution in [0.2, 0.25) is 0 Å². The topological polar surface area (TPSA) is 37.3 Å². The lowest BCUT2D eigenvalue weighted by Crippen LogP contribution is -2.01. The van der Waals surface area contributed by atoms with Gasteiger partial charge in [-0.15, -0.1) is 0 Å². The first-order valence-electron chi connectivity index (χ1n) is 3.36. The zero-order valence-electron chi connectivity index (χ0n) is 6.35. The highest BCUT2D eigenvalue weighted by Gasteiger charge is 2.11. The van der Waals surface area contributed by atoms with Crippen molar-refractivity contribution >= 4 is 37.8 Å². The average molecular weight is 312 g/mol. The predicted octanol–water partition coefficient (Wildman–Crippen LogP) is 2.98. The van der Waals surface area contributed by atoms with Crippen LogP contribution in [0.15, 0.2) is 21.1 Å². The molecule has 0 aromatic heterocycles. The summed E-state index contributed by atoms with van der Waals surface area (Å²) < 4.78 is 13.7. The largest absolute Gasteiger partial charge is 0.481 e. The Labute approximate surface area is 91.0 Å². The summed E-state index contributed by atoms with van der Waals surface area (Å²) in [4.78, 5) is 10.4. The van der Waals surface area contributed by atoms with E-state index in [1.165, 1.54) is 6.07 Å². The van der Waals surface area contributed by atoms with Gasteiger partial charge in [-0.3, -0.25) is 4.79 Å². The van der Waals surface area contributed by atoms with E-state index in [4.69, 9.17) is 5.11 Å². The van der Waals surface area contributed by atoms with Gasteiger partial charge < -0.3 is 5.11 Å². The Balaban J connectivity index is 3.10. The standard InChI is InChI=1S/C8H5Br2FO2/c9-5-2-1-4(3-6(12)13)7(10)8(5)11/h1-2H,3H2,(H,12,13). The molecule has 0 aliphatic rings. The molecule has 0 aliphatic carbocycles. The Morgan fingerprint density at radius 2 is 2.08 bits per heavy atom. The maximum Gasteiger partial charge on any atom is 0.307 e. The number of benzene rings is 1. The molecule has 1 aromatic carbocycles. The van der Waals surface area contributed by atoms with Gasteiger partial charge in [0.15, 0.2) is 5.82 Å². The van der Waals surface area contributed by atoms with E-state index in [9.17, 15) is 9.18 Å². The van der Waals surface area contributed by atoms with E-state index in [2.05, 4.69) is 31.9 Å². The van der Waals surface area contributed by atoms with Crippen LogP contribution in [-0.4, -0.2) is 11.1 Å². The number of hydrogen-bond donors (Lipinski definition) is 1. The van der Waals surface area contributed by atoms with Crippen LogP contribution in [0.3, 0.4) is 0 Å². The van der Waals surface area contributed by atoms with Crippen LogP contribution >= 0.6 is 31.9 Å². The van der Waals surface area contributed by atoms with Gasteiger partial charge in [0.05, 0.1) is 15.4 Å². The lowest BCUT2D eigenvalue weighted by molar-refractivity contribution is -0.136. The molecule has 1 rings (SSSR count). The van der Waals surface area contributed by atoms with Crippen molar-refractivity contribution in [2.75, 3.05) is 0 Å². The first-order chi connectivity index (χ1) is 6.02. The van der Waals surface area contributed by atoms with Crippen LogP contribution in [0.4, 0.5) is 4.39 Å². The van der Waals surface area contributed by atoms with Crippen molar-refractivity contribution in [3.8, 4) is 0 Å². The van der Waals surface area contributed by atoms with Gasteiger partial charge in [-0.25, -0.2) is 4.39 Å². The van der Waals surface area contributed by atoms with E-state index in [1.54, 1.807) is 6.07 Å². The van der Waals surface area contributed by atoms with E-state index in [1.807, 2.05) is 0 Å². The van der Waals surface area contributed by atoms with Crippen LogP contribution in [-0.2, 0) is 11.2 Å². The second-order valence-corrected chi connectivity index (χ2v) is 4.05. The summed E-state index contributed by atoms with van der Waals surface area (Å²) in [6.07, 6.45) is -0.190. The molecular weight excluding hydrogens is 307 g/mol. The highest BCUT2D eigenvalue weighted by molar-refractivity contribution is 9.11. The predicted molar refractivity (Wildman–Crippen MR) is 53.1 cm³/mol. The molecule has 0 spiro atoms. The van der Waals surface area contributed by atoms with Crippen LogP contribution in [0.5, 0.6) is 0 Å². The maximum atomic E-state index is 13.2. The van der Waals surface area contributed by atoms with Crippen molar-refractivity contribution in [1.29, 1.82) is 0 Å². The molecule has 0 radical (unpaired) electrons. The van der Waals surface area contributed by atoms with Crippen molar-refractivity contribution in [3.63, 3.8) is 0 Å². The van der Waals surface area contributed by atoms with Crippen LogP contribution in [0, 0.1) is 5.82 Å². The van der Waals surface area contributed by atoms with Gasteiger partial charge in [-0.2, -0.15) is 0 Å². The van der Waals surface area contributed by atoms with Crippen molar-refractivity contribution in [1.82, 2.24) is 0 Å². The van der Waals surface area contributed by atoms with Gasteiger partial charge >= 0.3 is 5.97 Å². The summed E-state index contributed by atoms with van der Waals surface area (Å²) in [5, 5.41) is 8.50. The van der Waals surface area contributed by atoms with E-state index in [0.717, 1.165) is 0 Å². The van der Waals surface area contributed by atoms with Gasteiger partial charge in [0.2, 0.25) is 0 Å². The molecular formula is C8H5Br2FO2. The Kier molecular flexibility index (Phi) is 3.44. The molecule has 0 heterocycles. The molecule has 0 saturated heterocycles. The molecule has 2 nitrogen and oxygen atoms in total. The van der Waals surface area contributed by atoms with Gasteiger partial charge in [0.25, 0.3) is 0 Å². The third-order valence-corrected chi connectivity index (χ3v) is 2.93. The smallest absolute Gasteiger partial charge is 0.307 e. The molecule has 0 aliphatic heterocycles. The Hall–Kier alpha value is -0.420. The number of aliphatic carboxylic acids is 1. The molecule has 0 saturated carbocycles. The Bertz CT molecular complexity index is 352. The van der Waals surface area contributed by atoms with Gasteiger partial charge in [0.1, 0.15) is 0 Å². The SMILES string of the molecule is O=C(O)Cc1ccc(Br)c(F)c1Br. The first kappa shape index (κ1) is 10.7. The van der Waals surface area contributed by atoms with Crippen molar-refractivity contribution in [2.24, 2.45) is 0 Å². The fraction of sp³-hybridized carbons (Fsp3) is 0.125. The minimum atomic E-state index is -0.984. The van der Waals surface area contributed by atoms with E-state index in [-0.39, 0.29) is 10.9 Å². The zero-order valence-corrected chi connectivity index (χ0v) is 9.52. The summed E-state index contributed by atoms with van der Waals surface area (Å²) >= 11 is 5.99. The summed E-state index contributed by atoms with van der Waals surface area (Å²) in [6, 6.07) is 3.05. The second kappa shape index (κ2) is 4.19. The number of halogens is 3. The van der Waals surface area contributed by atoms with Crippen LogP contribution < -0.4 is 0 Å². The van der Waals surface area contributed by atoms with E-state index < -0.39 is 11.8 Å². The van der Waals surface area contributed by atoms with Crippen LogP contribution in [0.1, 0.15) is 5.56 Å². The molecule has 70 valence electrons. The third-order valence-electron chi connectivity index (χ3n) is 1.46. The molecule has 0 amide bonds. The molecule has 13 heavy (non-hydrogen) atoms. The molecule has 1 aromatic rings. The highest BCUT2D eigenvalue weighted by Crippen LogP contribution is 2.27. The summed E-state index contributed by atoms with van der Waals surface area (Å²) in [5.74, 6) is -1.46. The van der Waals surface area contributed by atoms with Crippen molar-refractivity contribution in [3.05, 3.63) is 32.5 Å². The number of carboxylic acids is 1. The second-order valence-electron chi connectivity index (χ2n) is 2.40. The number of carboxylic acid groups (broad SMARTS) is 1. The molecule has 0 atom stereocenters.